The number of hydrogen-bond donors (Lipinski definition) is 2. The van der Waals surface area contributed by atoms with Crippen molar-refractivity contribution in [3.8, 4) is 5.75 Å². The highest BCUT2D eigenvalue weighted by molar-refractivity contribution is 6.11. The minimum absolute atomic E-state index is 0.199. The van der Waals surface area contributed by atoms with Crippen molar-refractivity contribution in [2.45, 2.75) is 13.8 Å². The van der Waals surface area contributed by atoms with E-state index in [0.29, 0.717) is 29.3 Å². The van der Waals surface area contributed by atoms with Gasteiger partial charge in [-0.3, -0.25) is 9.59 Å². The minimum Gasteiger partial charge on any atom is -0.488 e. The van der Waals surface area contributed by atoms with Gasteiger partial charge in [-0.15, -0.1) is 0 Å². The van der Waals surface area contributed by atoms with E-state index < -0.39 is 0 Å². The molecule has 5 nitrogen and oxygen atoms in total. The number of carbonyl (C=O) groups excluding carboxylic acids is 2. The summed E-state index contributed by atoms with van der Waals surface area (Å²) in [4.78, 5) is 25.0. The van der Waals surface area contributed by atoms with Crippen LogP contribution in [0, 0.1) is 5.92 Å². The summed E-state index contributed by atoms with van der Waals surface area (Å²) in [6.07, 6.45) is 1.82. The average Bonchev–Trinajstić information content (AvgIpc) is 2.66. The van der Waals surface area contributed by atoms with E-state index in [0.717, 1.165) is 11.3 Å². The SMILES string of the molecule is CC(C)CNC(=O)c1ccccc1NC(=O)C1=Cc2ccccc2OC1. The molecule has 0 radical (unpaired) electrons. The van der Waals surface area contributed by atoms with Crippen molar-refractivity contribution in [1.82, 2.24) is 5.32 Å². The Morgan fingerprint density at radius 1 is 1.04 bits per heavy atom. The molecule has 134 valence electrons. The molecule has 0 aromatic heterocycles. The monoisotopic (exact) mass is 350 g/mol. The Kier molecular flexibility index (Phi) is 5.37. The first kappa shape index (κ1) is 17.7. The van der Waals surface area contributed by atoms with Gasteiger partial charge in [0.05, 0.1) is 16.8 Å². The van der Waals surface area contributed by atoms with Crippen LogP contribution in [0.4, 0.5) is 5.69 Å². The van der Waals surface area contributed by atoms with Crippen molar-refractivity contribution in [3.63, 3.8) is 0 Å². The van der Waals surface area contributed by atoms with E-state index in [1.807, 2.05) is 44.2 Å². The summed E-state index contributed by atoms with van der Waals surface area (Å²) in [5.41, 5.74) is 2.31. The van der Waals surface area contributed by atoms with Crippen molar-refractivity contribution in [2.24, 2.45) is 5.92 Å². The smallest absolute Gasteiger partial charge is 0.255 e. The quantitative estimate of drug-likeness (QED) is 0.867. The Labute approximate surface area is 153 Å². The van der Waals surface area contributed by atoms with Gasteiger partial charge in [0.1, 0.15) is 12.4 Å². The molecule has 0 fully saturated rings. The number of anilines is 1. The first-order valence-electron chi connectivity index (χ1n) is 8.65. The molecule has 1 aliphatic heterocycles. The van der Waals surface area contributed by atoms with Crippen LogP contribution in [-0.4, -0.2) is 25.0 Å². The topological polar surface area (TPSA) is 67.4 Å². The van der Waals surface area contributed by atoms with E-state index in [-0.39, 0.29) is 18.4 Å². The first-order chi connectivity index (χ1) is 12.5. The fourth-order valence-corrected chi connectivity index (χ4v) is 2.63. The van der Waals surface area contributed by atoms with Crippen molar-refractivity contribution in [2.75, 3.05) is 18.5 Å². The summed E-state index contributed by atoms with van der Waals surface area (Å²) in [5.74, 6) is 0.639. The largest absolute Gasteiger partial charge is 0.488 e. The van der Waals surface area contributed by atoms with E-state index in [4.69, 9.17) is 4.74 Å². The van der Waals surface area contributed by atoms with Gasteiger partial charge in [0.2, 0.25) is 0 Å². The molecule has 2 amide bonds. The highest BCUT2D eigenvalue weighted by atomic mass is 16.5. The molecule has 0 spiro atoms. The molecule has 0 atom stereocenters. The van der Waals surface area contributed by atoms with Gasteiger partial charge in [0.25, 0.3) is 11.8 Å². The fraction of sp³-hybridized carbons (Fsp3) is 0.238. The predicted octanol–water partition coefficient (Wildman–Crippen LogP) is 3.49. The lowest BCUT2D eigenvalue weighted by molar-refractivity contribution is -0.113. The summed E-state index contributed by atoms with van der Waals surface area (Å²) in [7, 11) is 0. The molecule has 0 saturated heterocycles. The molecule has 1 heterocycles. The number of amides is 2. The van der Waals surface area contributed by atoms with Crippen LogP contribution < -0.4 is 15.4 Å². The van der Waals surface area contributed by atoms with Crippen LogP contribution >= 0.6 is 0 Å². The summed E-state index contributed by atoms with van der Waals surface area (Å²) < 4.78 is 5.63. The van der Waals surface area contributed by atoms with Crippen LogP contribution in [0.5, 0.6) is 5.75 Å². The van der Waals surface area contributed by atoms with Gasteiger partial charge in [0.15, 0.2) is 0 Å². The van der Waals surface area contributed by atoms with Crippen LogP contribution in [-0.2, 0) is 4.79 Å². The average molecular weight is 350 g/mol. The number of ether oxygens (including phenoxy) is 1. The molecule has 0 saturated carbocycles. The second-order valence-electron chi connectivity index (χ2n) is 6.60. The summed E-state index contributed by atoms with van der Waals surface area (Å²) in [6.45, 7) is 4.84. The Morgan fingerprint density at radius 3 is 2.58 bits per heavy atom. The molecule has 1 aliphatic rings. The van der Waals surface area contributed by atoms with Gasteiger partial charge in [-0.1, -0.05) is 44.2 Å². The Morgan fingerprint density at radius 2 is 1.77 bits per heavy atom. The lowest BCUT2D eigenvalue weighted by Crippen LogP contribution is -2.29. The molecule has 0 aliphatic carbocycles. The third-order valence-corrected chi connectivity index (χ3v) is 4.01. The van der Waals surface area contributed by atoms with Gasteiger partial charge in [-0.05, 0) is 30.2 Å². The van der Waals surface area contributed by atoms with Crippen LogP contribution in [0.3, 0.4) is 0 Å². The molecule has 3 rings (SSSR count). The van der Waals surface area contributed by atoms with Crippen LogP contribution in [0.1, 0.15) is 29.8 Å². The number of para-hydroxylation sites is 2. The highest BCUT2D eigenvalue weighted by Crippen LogP contribution is 2.26. The molecule has 26 heavy (non-hydrogen) atoms. The molecule has 2 N–H and O–H groups in total. The van der Waals surface area contributed by atoms with Crippen molar-refractivity contribution in [1.29, 1.82) is 0 Å². The second kappa shape index (κ2) is 7.87. The molecular weight excluding hydrogens is 328 g/mol. The Balaban J connectivity index is 1.76. The summed E-state index contributed by atoms with van der Waals surface area (Å²) >= 11 is 0. The number of hydrogen-bond acceptors (Lipinski definition) is 3. The number of benzene rings is 2. The number of carbonyl (C=O) groups is 2. The minimum atomic E-state index is -0.274. The van der Waals surface area contributed by atoms with Gasteiger partial charge < -0.3 is 15.4 Å². The Bertz CT molecular complexity index is 856. The zero-order valence-electron chi connectivity index (χ0n) is 14.9. The lowest BCUT2D eigenvalue weighted by atomic mass is 10.1. The molecule has 2 aromatic carbocycles. The molecule has 5 heteroatoms. The fourth-order valence-electron chi connectivity index (χ4n) is 2.63. The van der Waals surface area contributed by atoms with Crippen molar-refractivity contribution in [3.05, 3.63) is 65.2 Å². The summed E-state index contributed by atoms with van der Waals surface area (Å²) in [6, 6.07) is 14.5. The normalized spacial score (nSPS) is 12.7. The Hall–Kier alpha value is -3.08. The van der Waals surface area contributed by atoms with Crippen LogP contribution in [0.25, 0.3) is 6.08 Å². The maximum absolute atomic E-state index is 12.6. The number of fused-ring (bicyclic) bond motifs is 1. The summed E-state index contributed by atoms with van der Waals surface area (Å²) in [5, 5.41) is 5.71. The maximum atomic E-state index is 12.6. The van der Waals surface area contributed by atoms with E-state index in [2.05, 4.69) is 10.6 Å². The highest BCUT2D eigenvalue weighted by Gasteiger charge is 2.19. The first-order valence-corrected chi connectivity index (χ1v) is 8.65. The maximum Gasteiger partial charge on any atom is 0.255 e. The zero-order valence-corrected chi connectivity index (χ0v) is 14.9. The zero-order chi connectivity index (χ0) is 18.5. The van der Waals surface area contributed by atoms with E-state index in [1.54, 1.807) is 24.3 Å². The number of rotatable bonds is 5. The third kappa shape index (κ3) is 4.11. The standard InChI is InChI=1S/C21H22N2O3/c1-14(2)12-22-21(25)17-8-4-5-9-18(17)23-20(24)16-11-15-7-3-6-10-19(15)26-13-16/h3-11,14H,12-13H2,1-2H3,(H,22,25)(H,23,24). The van der Waals surface area contributed by atoms with E-state index >= 15 is 0 Å². The van der Waals surface area contributed by atoms with E-state index in [9.17, 15) is 9.59 Å². The predicted molar refractivity (Wildman–Crippen MR) is 102 cm³/mol. The van der Waals surface area contributed by atoms with Gasteiger partial charge >= 0.3 is 0 Å². The molecule has 0 bridgehead atoms. The lowest BCUT2D eigenvalue weighted by Gasteiger charge is -2.18. The third-order valence-electron chi connectivity index (χ3n) is 4.01. The van der Waals surface area contributed by atoms with Gasteiger partial charge in [0, 0.05) is 12.1 Å². The molecule has 2 aromatic rings. The van der Waals surface area contributed by atoms with Gasteiger partial charge in [-0.2, -0.15) is 0 Å². The number of nitrogens with one attached hydrogen (secondary N) is 2. The van der Waals surface area contributed by atoms with Crippen molar-refractivity contribution < 1.29 is 14.3 Å². The molecular formula is C21H22N2O3. The molecule has 0 unspecified atom stereocenters. The van der Waals surface area contributed by atoms with Crippen LogP contribution in [0.2, 0.25) is 0 Å². The van der Waals surface area contributed by atoms with Gasteiger partial charge in [-0.25, -0.2) is 0 Å². The van der Waals surface area contributed by atoms with Crippen LogP contribution in [0.15, 0.2) is 54.1 Å². The second-order valence-corrected chi connectivity index (χ2v) is 6.60. The van der Waals surface area contributed by atoms with Crippen molar-refractivity contribution >= 4 is 23.6 Å². The van der Waals surface area contributed by atoms with E-state index in [1.165, 1.54) is 0 Å².